The first-order valence-corrected chi connectivity index (χ1v) is 26.6. The molecule has 9 aromatic carbocycles. The first kappa shape index (κ1) is 49.3. The Morgan fingerprint density at radius 2 is 0.703 bits per heavy atom. The van der Waals surface area contributed by atoms with Crippen molar-refractivity contribution in [1.29, 1.82) is 0 Å². The van der Waals surface area contributed by atoms with Gasteiger partial charge in [-0.2, -0.15) is 0 Å². The molecule has 4 amide bonds. The molecule has 0 saturated carbocycles. The summed E-state index contributed by atoms with van der Waals surface area (Å²) in [6, 6.07) is 41.2. The molecular formula is C64H56Br2N2O6. The molecule has 0 spiro atoms. The second-order valence-electron chi connectivity index (χ2n) is 23.8. The molecule has 0 fully saturated rings. The number of amides is 4. The van der Waals surface area contributed by atoms with Crippen LogP contribution < -0.4 is 19.3 Å². The van der Waals surface area contributed by atoms with Gasteiger partial charge in [-0.1, -0.05) is 137 Å². The second-order valence-corrected chi connectivity index (χ2v) is 25.6. The zero-order valence-corrected chi connectivity index (χ0v) is 46.4. The van der Waals surface area contributed by atoms with E-state index < -0.39 is 23.6 Å². The van der Waals surface area contributed by atoms with Crippen LogP contribution in [0, 0.1) is 10.8 Å². The fourth-order valence-electron chi connectivity index (χ4n) is 12.3. The Morgan fingerprint density at radius 1 is 0.378 bits per heavy atom. The number of imide groups is 2. The minimum Gasteiger partial charge on any atom is -0.457 e. The van der Waals surface area contributed by atoms with Gasteiger partial charge in [-0.05, 0) is 153 Å². The van der Waals surface area contributed by atoms with Crippen LogP contribution in [0.4, 0.5) is 11.4 Å². The van der Waals surface area contributed by atoms with E-state index in [1.54, 1.807) is 72.8 Å². The number of halogens is 2. The maximum atomic E-state index is 15.1. The molecule has 0 radical (unpaired) electrons. The molecule has 0 saturated heterocycles. The van der Waals surface area contributed by atoms with Crippen molar-refractivity contribution in [1.82, 2.24) is 0 Å². The molecule has 0 atom stereocenters. The number of hydrogen-bond acceptors (Lipinski definition) is 6. The number of fused-ring (bicyclic) bond motifs is 2. The molecule has 372 valence electrons. The zero-order valence-electron chi connectivity index (χ0n) is 43.2. The lowest BCUT2D eigenvalue weighted by Gasteiger charge is -2.33. The van der Waals surface area contributed by atoms with Gasteiger partial charge in [0.25, 0.3) is 23.6 Å². The number of nitrogens with zero attached hydrogens (tertiary/aromatic N) is 2. The van der Waals surface area contributed by atoms with Gasteiger partial charge in [-0.3, -0.25) is 19.2 Å². The fraction of sp³-hybridized carbons (Fsp3) is 0.250. The van der Waals surface area contributed by atoms with E-state index in [-0.39, 0.29) is 21.7 Å². The monoisotopic (exact) mass is 1110 g/mol. The number of carbonyl (C=O) groups is 4. The van der Waals surface area contributed by atoms with Crippen molar-refractivity contribution in [2.45, 2.75) is 92.9 Å². The molecule has 11 rings (SSSR count). The SMILES string of the molecule is CC(C)(C)CC(C)(C)c1ccc(Oc2cc3c4c(ccc5c6c(Oc7ccc(C(C)(C)CC(C)(C)C)cc7)cc7c8c(ccc(c2c45)c86)C(=O)N(c2ccc(Br)cc2)C7=O)C(=O)N(c2ccc(Br)cc2)C3=O)cc1. The Bertz CT molecular complexity index is 3570. The summed E-state index contributed by atoms with van der Waals surface area (Å²) in [5.41, 5.74) is 4.42. The van der Waals surface area contributed by atoms with Gasteiger partial charge in [0.1, 0.15) is 23.0 Å². The van der Waals surface area contributed by atoms with Gasteiger partial charge in [0.05, 0.1) is 22.5 Å². The molecule has 0 aromatic heterocycles. The summed E-state index contributed by atoms with van der Waals surface area (Å²) in [7, 11) is 0. The van der Waals surface area contributed by atoms with Gasteiger partial charge in [-0.25, -0.2) is 9.80 Å². The second kappa shape index (κ2) is 17.4. The van der Waals surface area contributed by atoms with E-state index in [4.69, 9.17) is 9.47 Å². The van der Waals surface area contributed by atoms with E-state index in [0.29, 0.717) is 99.7 Å². The van der Waals surface area contributed by atoms with E-state index in [1.807, 2.05) is 36.4 Å². The molecule has 0 unspecified atom stereocenters. The van der Waals surface area contributed by atoms with Crippen molar-refractivity contribution in [2.24, 2.45) is 10.8 Å². The highest BCUT2D eigenvalue weighted by Gasteiger charge is 2.40. The third-order valence-electron chi connectivity index (χ3n) is 14.6. The van der Waals surface area contributed by atoms with E-state index in [1.165, 1.54) is 9.80 Å². The van der Waals surface area contributed by atoms with E-state index in [2.05, 4.69) is 125 Å². The summed E-state index contributed by atoms with van der Waals surface area (Å²) in [4.78, 5) is 62.4. The van der Waals surface area contributed by atoms with Crippen LogP contribution in [-0.4, -0.2) is 23.6 Å². The summed E-state index contributed by atoms with van der Waals surface area (Å²) in [6.07, 6.45) is 1.93. The Hall–Kier alpha value is -6.88. The molecule has 0 aliphatic carbocycles. The summed E-state index contributed by atoms with van der Waals surface area (Å²) < 4.78 is 15.7. The van der Waals surface area contributed by atoms with Crippen LogP contribution in [0.5, 0.6) is 23.0 Å². The van der Waals surface area contributed by atoms with Gasteiger partial charge >= 0.3 is 0 Å². The highest BCUT2D eigenvalue weighted by molar-refractivity contribution is 9.10. The first-order valence-electron chi connectivity index (χ1n) is 25.0. The number of benzene rings is 9. The number of hydrogen-bond donors (Lipinski definition) is 0. The Balaban J connectivity index is 1.19. The highest BCUT2D eigenvalue weighted by atomic mass is 79.9. The third kappa shape index (κ3) is 8.34. The quantitative estimate of drug-likeness (QED) is 0.0769. The Labute approximate surface area is 448 Å². The molecule has 2 heterocycles. The van der Waals surface area contributed by atoms with Crippen LogP contribution in [0.1, 0.15) is 135 Å². The topological polar surface area (TPSA) is 93.2 Å². The zero-order chi connectivity index (χ0) is 52.6. The van der Waals surface area contributed by atoms with Crippen molar-refractivity contribution in [3.8, 4) is 23.0 Å². The highest BCUT2D eigenvalue weighted by Crippen LogP contribution is 2.54. The van der Waals surface area contributed by atoms with E-state index in [9.17, 15) is 9.59 Å². The molecule has 0 bridgehead atoms. The van der Waals surface area contributed by atoms with Crippen LogP contribution in [0.2, 0.25) is 0 Å². The number of anilines is 2. The minimum atomic E-state index is -0.496. The van der Waals surface area contributed by atoms with Crippen molar-refractivity contribution in [2.75, 3.05) is 9.80 Å². The normalized spacial score (nSPS) is 14.4. The Kier molecular flexibility index (Phi) is 11.6. The largest absolute Gasteiger partial charge is 0.457 e. The molecule has 0 N–H and O–H groups in total. The van der Waals surface area contributed by atoms with Gasteiger partial charge in [0.2, 0.25) is 0 Å². The van der Waals surface area contributed by atoms with Crippen LogP contribution in [0.25, 0.3) is 43.1 Å². The predicted molar refractivity (Wildman–Crippen MR) is 305 cm³/mol. The summed E-state index contributed by atoms with van der Waals surface area (Å²) in [5, 5.41) is 4.78. The molecule has 8 nitrogen and oxygen atoms in total. The standard InChI is InChI=1S/C64H56Br2N2O6/c1-61(2,3)33-63(7,8)35-11-23-41(24-12-35)73-49-31-47-51-45(57(69)67(59(47)71)39-19-15-37(65)16-20-39)30-28-44-54-50(74-42-25-13-36(14-26-42)64(9,10)34-62(4,5)6)32-48-52-46(29-27-43(56(52)54)53(49)55(44)51)58(70)68(60(48)72)40-21-17-38(66)18-22-40/h11-32H,33-34H2,1-10H3. The lowest BCUT2D eigenvalue weighted by Crippen LogP contribution is -2.40. The average molecular weight is 1110 g/mol. The van der Waals surface area contributed by atoms with Crippen molar-refractivity contribution >= 4 is 110 Å². The summed E-state index contributed by atoms with van der Waals surface area (Å²) in [6.45, 7) is 22.5. The lowest BCUT2D eigenvalue weighted by molar-refractivity contribution is 0.0877. The molecular weight excluding hydrogens is 1050 g/mol. The maximum absolute atomic E-state index is 15.1. The summed E-state index contributed by atoms with van der Waals surface area (Å²) >= 11 is 7.01. The number of carbonyl (C=O) groups excluding carboxylic acids is 4. The molecule has 10 heteroatoms. The predicted octanol–water partition coefficient (Wildman–Crippen LogP) is 17.9. The van der Waals surface area contributed by atoms with Gasteiger partial charge in [-0.15, -0.1) is 0 Å². The number of rotatable bonds is 10. The van der Waals surface area contributed by atoms with Crippen LogP contribution >= 0.6 is 31.9 Å². The van der Waals surface area contributed by atoms with Crippen molar-refractivity contribution in [3.63, 3.8) is 0 Å². The smallest absolute Gasteiger partial charge is 0.266 e. The lowest BCUT2D eigenvalue weighted by atomic mass is 9.72. The van der Waals surface area contributed by atoms with Crippen molar-refractivity contribution in [3.05, 3.63) is 176 Å². The van der Waals surface area contributed by atoms with Crippen LogP contribution in [-0.2, 0) is 10.8 Å². The number of ether oxygens (including phenoxy) is 2. The van der Waals surface area contributed by atoms with Gasteiger partial charge < -0.3 is 9.47 Å². The Morgan fingerprint density at radius 3 is 1.03 bits per heavy atom. The third-order valence-corrected chi connectivity index (χ3v) is 15.7. The molecule has 9 aromatic rings. The summed E-state index contributed by atoms with van der Waals surface area (Å²) in [5.74, 6) is -0.0742. The maximum Gasteiger partial charge on any atom is 0.266 e. The average Bonchev–Trinajstić information content (AvgIpc) is 3.32. The van der Waals surface area contributed by atoms with Gasteiger partial charge in [0.15, 0.2) is 0 Å². The molecule has 2 aliphatic heterocycles. The first-order chi connectivity index (χ1) is 34.9. The van der Waals surface area contributed by atoms with Crippen LogP contribution in [0.15, 0.2) is 142 Å². The van der Waals surface area contributed by atoms with Crippen molar-refractivity contribution < 1.29 is 28.7 Å². The molecule has 74 heavy (non-hydrogen) atoms. The fourth-order valence-corrected chi connectivity index (χ4v) is 12.8. The van der Waals surface area contributed by atoms with E-state index in [0.717, 1.165) is 32.9 Å². The van der Waals surface area contributed by atoms with E-state index >= 15 is 9.59 Å². The van der Waals surface area contributed by atoms with Gasteiger partial charge in [0, 0.05) is 52.4 Å². The minimum absolute atomic E-state index is 0.102. The van der Waals surface area contributed by atoms with Crippen LogP contribution in [0.3, 0.4) is 0 Å². The molecule has 2 aliphatic rings.